The van der Waals surface area contributed by atoms with Crippen LogP contribution >= 0.6 is 11.8 Å². The molecule has 8 nitrogen and oxygen atoms in total. The second-order valence-electron chi connectivity index (χ2n) is 7.59. The van der Waals surface area contributed by atoms with E-state index in [1.165, 1.54) is 23.9 Å². The second-order valence-corrected chi connectivity index (χ2v) is 10.2. The van der Waals surface area contributed by atoms with Gasteiger partial charge in [0.2, 0.25) is 11.8 Å². The molecule has 2 aromatic carbocycles. The van der Waals surface area contributed by atoms with Crippen molar-refractivity contribution in [2.45, 2.75) is 42.3 Å². The molecule has 0 spiro atoms. The lowest BCUT2D eigenvalue weighted by molar-refractivity contribution is -0.131. The lowest BCUT2D eigenvalue weighted by Gasteiger charge is -2.33. The number of hydrogen-bond donors (Lipinski definition) is 1. The van der Waals surface area contributed by atoms with E-state index in [-0.39, 0.29) is 22.6 Å². The van der Waals surface area contributed by atoms with E-state index in [2.05, 4.69) is 21.8 Å². The summed E-state index contributed by atoms with van der Waals surface area (Å²) >= 11 is 1.23. The van der Waals surface area contributed by atoms with Crippen LogP contribution in [-0.2, 0) is 14.8 Å². The molecule has 1 atom stereocenters. The van der Waals surface area contributed by atoms with E-state index in [0.29, 0.717) is 22.4 Å². The Bertz CT molecular complexity index is 1160. The van der Waals surface area contributed by atoms with E-state index in [1.807, 2.05) is 4.90 Å². The Morgan fingerprint density at radius 3 is 2.59 bits per heavy atom. The average molecular weight is 473 g/mol. The maximum atomic E-state index is 12.5. The van der Waals surface area contributed by atoms with E-state index in [4.69, 9.17) is 4.42 Å². The van der Waals surface area contributed by atoms with Crippen LogP contribution in [0, 0.1) is 0 Å². The Kier molecular flexibility index (Phi) is 6.80. The highest BCUT2D eigenvalue weighted by Crippen LogP contribution is 2.26. The van der Waals surface area contributed by atoms with Crippen molar-refractivity contribution >= 4 is 33.4 Å². The first-order valence-corrected chi connectivity index (χ1v) is 12.8. The van der Waals surface area contributed by atoms with Crippen molar-refractivity contribution in [1.29, 1.82) is 0 Å². The van der Waals surface area contributed by atoms with E-state index in [9.17, 15) is 13.2 Å². The van der Waals surface area contributed by atoms with Gasteiger partial charge in [0, 0.05) is 23.8 Å². The molecular weight excluding hydrogens is 448 g/mol. The molecule has 2 heterocycles. The number of benzene rings is 2. The molecule has 4 rings (SSSR count). The summed E-state index contributed by atoms with van der Waals surface area (Å²) in [5.74, 6) is 0.646. The summed E-state index contributed by atoms with van der Waals surface area (Å²) in [4.78, 5) is 14.6. The molecule has 0 unspecified atom stereocenters. The van der Waals surface area contributed by atoms with Gasteiger partial charge in [0.15, 0.2) is 0 Å². The van der Waals surface area contributed by atoms with Crippen molar-refractivity contribution in [2.75, 3.05) is 17.0 Å². The smallest absolute Gasteiger partial charge is 0.277 e. The quantitative estimate of drug-likeness (QED) is 0.518. The molecule has 3 aromatic rings. The number of nitrogens with one attached hydrogen (secondary N) is 1. The number of carbonyl (C=O) groups is 1. The third-order valence-corrected chi connectivity index (χ3v) is 7.49. The number of carbonyl (C=O) groups excluding carboxylic acids is 1. The van der Waals surface area contributed by atoms with Crippen LogP contribution in [0.4, 0.5) is 5.69 Å². The zero-order chi connectivity index (χ0) is 22.6. The summed E-state index contributed by atoms with van der Waals surface area (Å²) in [5.41, 5.74) is 1.08. The van der Waals surface area contributed by atoms with Gasteiger partial charge < -0.3 is 9.32 Å². The molecule has 1 aliphatic rings. The van der Waals surface area contributed by atoms with E-state index >= 15 is 0 Å². The van der Waals surface area contributed by atoms with Crippen molar-refractivity contribution in [2.24, 2.45) is 0 Å². The number of amides is 1. The number of aromatic nitrogens is 2. The van der Waals surface area contributed by atoms with Crippen molar-refractivity contribution in [3.63, 3.8) is 0 Å². The number of sulfonamides is 1. The maximum absolute atomic E-state index is 12.5. The minimum Gasteiger partial charge on any atom is -0.411 e. The van der Waals surface area contributed by atoms with E-state index < -0.39 is 10.0 Å². The molecule has 0 radical (unpaired) electrons. The van der Waals surface area contributed by atoms with Crippen LogP contribution < -0.4 is 4.72 Å². The van der Waals surface area contributed by atoms with Crippen LogP contribution in [0.25, 0.3) is 11.5 Å². The summed E-state index contributed by atoms with van der Waals surface area (Å²) in [6, 6.07) is 15.1. The van der Waals surface area contributed by atoms with Crippen molar-refractivity contribution in [3.8, 4) is 11.5 Å². The fourth-order valence-corrected chi connectivity index (χ4v) is 5.28. The number of nitrogens with zero attached hydrogens (tertiary/aromatic N) is 3. The molecule has 1 N–H and O–H groups in total. The Balaban J connectivity index is 1.36. The zero-order valence-electron chi connectivity index (χ0n) is 17.6. The summed E-state index contributed by atoms with van der Waals surface area (Å²) in [7, 11) is -3.66. The minimum absolute atomic E-state index is 0.0806. The van der Waals surface area contributed by atoms with E-state index in [1.54, 1.807) is 42.5 Å². The highest BCUT2D eigenvalue weighted by Gasteiger charge is 2.23. The van der Waals surface area contributed by atoms with Crippen LogP contribution in [0.15, 0.2) is 69.1 Å². The molecule has 1 aromatic heterocycles. The number of anilines is 1. The van der Waals surface area contributed by atoms with Crippen molar-refractivity contribution < 1.29 is 17.6 Å². The molecule has 168 valence electrons. The Morgan fingerprint density at radius 2 is 1.88 bits per heavy atom. The second kappa shape index (κ2) is 9.74. The summed E-state index contributed by atoms with van der Waals surface area (Å²) in [5, 5.41) is 8.38. The Morgan fingerprint density at radius 1 is 1.12 bits per heavy atom. The van der Waals surface area contributed by atoms with E-state index in [0.717, 1.165) is 25.8 Å². The maximum Gasteiger partial charge on any atom is 0.277 e. The molecule has 1 aliphatic heterocycles. The highest BCUT2D eigenvalue weighted by atomic mass is 32.2. The molecule has 0 bridgehead atoms. The molecule has 32 heavy (non-hydrogen) atoms. The van der Waals surface area contributed by atoms with Crippen molar-refractivity contribution in [3.05, 3.63) is 54.6 Å². The summed E-state index contributed by atoms with van der Waals surface area (Å²) in [6.45, 7) is 2.88. The fraction of sp³-hybridized carbons (Fsp3) is 0.318. The van der Waals surface area contributed by atoms with Gasteiger partial charge in [0.1, 0.15) is 0 Å². The first kappa shape index (κ1) is 22.3. The average Bonchev–Trinajstić information content (AvgIpc) is 3.28. The monoisotopic (exact) mass is 472 g/mol. The molecular formula is C22H24N4O4S2. The van der Waals surface area contributed by atoms with Crippen LogP contribution in [0.5, 0.6) is 0 Å². The van der Waals surface area contributed by atoms with Gasteiger partial charge >= 0.3 is 0 Å². The lowest BCUT2D eigenvalue weighted by Crippen LogP contribution is -2.42. The minimum atomic E-state index is -3.66. The summed E-state index contributed by atoms with van der Waals surface area (Å²) in [6.07, 6.45) is 3.25. The van der Waals surface area contributed by atoms with Crippen LogP contribution in [0.2, 0.25) is 0 Å². The standard InChI is InChI=1S/C22H24N4O4S2/c1-16-7-5-6-14-26(16)20(27)15-31-22-24-23-21(30-22)17-10-12-18(13-11-17)25-32(28,29)19-8-3-2-4-9-19/h2-4,8-13,16,25H,5-7,14-15H2,1H3/t16-/m1/s1. The SMILES string of the molecule is C[C@@H]1CCCCN1C(=O)CSc1nnc(-c2ccc(NS(=O)(=O)c3ccccc3)cc2)o1. The zero-order valence-corrected chi connectivity index (χ0v) is 19.2. The molecule has 0 saturated carbocycles. The first-order valence-electron chi connectivity index (χ1n) is 10.4. The van der Waals surface area contributed by atoms with Gasteiger partial charge in [-0.3, -0.25) is 9.52 Å². The van der Waals surface area contributed by atoms with Gasteiger partial charge in [0.05, 0.1) is 10.6 Å². The number of likely N-dealkylation sites (tertiary alicyclic amines) is 1. The van der Waals surface area contributed by atoms with Gasteiger partial charge in [-0.25, -0.2) is 8.42 Å². The fourth-order valence-electron chi connectivity index (χ4n) is 3.55. The number of hydrogen-bond acceptors (Lipinski definition) is 7. The third-order valence-electron chi connectivity index (χ3n) is 5.29. The molecule has 1 fully saturated rings. The largest absolute Gasteiger partial charge is 0.411 e. The normalized spacial score (nSPS) is 16.7. The van der Waals surface area contributed by atoms with Crippen LogP contribution in [-0.4, -0.2) is 47.8 Å². The Hall–Kier alpha value is -2.85. The van der Waals surface area contributed by atoms with Gasteiger partial charge in [-0.15, -0.1) is 10.2 Å². The lowest BCUT2D eigenvalue weighted by atomic mass is 10.0. The third kappa shape index (κ3) is 5.31. The van der Waals surface area contributed by atoms with Crippen molar-refractivity contribution in [1.82, 2.24) is 15.1 Å². The predicted molar refractivity (Wildman–Crippen MR) is 123 cm³/mol. The predicted octanol–water partition coefficient (Wildman–Crippen LogP) is 4.03. The topological polar surface area (TPSA) is 105 Å². The number of piperidine rings is 1. The summed E-state index contributed by atoms with van der Waals surface area (Å²) < 4.78 is 33.1. The molecule has 10 heteroatoms. The Labute approximate surface area is 191 Å². The van der Waals surface area contributed by atoms with Gasteiger partial charge in [0.25, 0.3) is 15.2 Å². The molecule has 1 saturated heterocycles. The van der Waals surface area contributed by atoms with Gasteiger partial charge in [-0.05, 0) is 62.6 Å². The van der Waals surface area contributed by atoms with Gasteiger partial charge in [-0.1, -0.05) is 30.0 Å². The highest BCUT2D eigenvalue weighted by molar-refractivity contribution is 7.99. The molecule has 1 amide bonds. The van der Waals surface area contributed by atoms with Crippen LogP contribution in [0.3, 0.4) is 0 Å². The molecule has 0 aliphatic carbocycles. The van der Waals surface area contributed by atoms with Gasteiger partial charge in [-0.2, -0.15) is 0 Å². The first-order chi connectivity index (χ1) is 15.4. The number of thioether (sulfide) groups is 1. The van der Waals surface area contributed by atoms with Crippen LogP contribution in [0.1, 0.15) is 26.2 Å². The number of rotatable bonds is 7.